The van der Waals surface area contributed by atoms with Gasteiger partial charge in [0.15, 0.2) is 5.60 Å². The van der Waals surface area contributed by atoms with Crippen molar-refractivity contribution in [3.8, 4) is 22.8 Å². The molecule has 0 radical (unpaired) electrons. The number of ether oxygens (including phenoxy) is 3. The van der Waals surface area contributed by atoms with Gasteiger partial charge in [-0.05, 0) is 95.1 Å². The highest BCUT2D eigenvalue weighted by Crippen LogP contribution is 2.37. The molecule has 0 fully saturated rings. The number of nitrogens with one attached hydrogen (secondary N) is 1. The zero-order chi connectivity index (χ0) is 30.6. The van der Waals surface area contributed by atoms with E-state index >= 15 is 0 Å². The predicted molar refractivity (Wildman–Crippen MR) is 152 cm³/mol. The average molecular weight is 596 g/mol. The van der Waals surface area contributed by atoms with E-state index in [1.807, 2.05) is 30.8 Å². The van der Waals surface area contributed by atoms with Crippen molar-refractivity contribution in [2.75, 3.05) is 13.7 Å². The highest BCUT2D eigenvalue weighted by atomic mass is 35.5. The molecular weight excluding hydrogens is 559 g/mol. The van der Waals surface area contributed by atoms with Gasteiger partial charge in [0.05, 0.1) is 28.6 Å². The second-order valence-electron chi connectivity index (χ2n) is 10.7. The standard InChI is InChI=1S/C30H37ClF3N3O4/c1-8-39-27(38)28(4,5)41-25-14-11-21(17-23(25)31)29(6,35-7)26-18-24(36-37(26)16-15-19(2)3)20-9-12-22(13-10-20)40-30(32,33)34/h9-14,17-19,35H,8,15-16H2,1-7H3. The number of hydrogen-bond acceptors (Lipinski definition) is 6. The van der Waals surface area contributed by atoms with Crippen LogP contribution in [-0.4, -0.2) is 41.4 Å². The molecule has 1 heterocycles. The van der Waals surface area contributed by atoms with Crippen LogP contribution in [0.1, 0.15) is 59.2 Å². The van der Waals surface area contributed by atoms with Crippen molar-refractivity contribution in [2.45, 2.75) is 72.0 Å². The number of aryl methyl sites for hydroxylation is 1. The van der Waals surface area contributed by atoms with Crippen molar-refractivity contribution in [3.05, 3.63) is 64.8 Å². The lowest BCUT2D eigenvalue weighted by molar-refractivity contribution is -0.274. The lowest BCUT2D eigenvalue weighted by Crippen LogP contribution is -2.41. The first-order chi connectivity index (χ1) is 19.1. The predicted octanol–water partition coefficient (Wildman–Crippen LogP) is 7.35. The van der Waals surface area contributed by atoms with E-state index in [0.29, 0.717) is 34.5 Å². The first-order valence-corrected chi connectivity index (χ1v) is 13.8. The molecule has 1 N–H and O–H groups in total. The highest BCUT2D eigenvalue weighted by molar-refractivity contribution is 6.32. The number of carbonyl (C=O) groups excluding carboxylic acids is 1. The molecule has 1 unspecified atom stereocenters. The third-order valence-corrected chi connectivity index (χ3v) is 7.03. The minimum Gasteiger partial charge on any atom is -0.475 e. The van der Waals surface area contributed by atoms with Gasteiger partial charge in [-0.3, -0.25) is 4.68 Å². The van der Waals surface area contributed by atoms with Crippen molar-refractivity contribution >= 4 is 17.6 Å². The second-order valence-corrected chi connectivity index (χ2v) is 11.2. The van der Waals surface area contributed by atoms with E-state index in [1.54, 1.807) is 45.0 Å². The van der Waals surface area contributed by atoms with Gasteiger partial charge in [-0.25, -0.2) is 4.79 Å². The fourth-order valence-corrected chi connectivity index (χ4v) is 4.49. The molecule has 0 saturated carbocycles. The van der Waals surface area contributed by atoms with Crippen LogP contribution < -0.4 is 14.8 Å². The molecule has 0 amide bonds. The molecular formula is C30H37ClF3N3O4. The van der Waals surface area contributed by atoms with Gasteiger partial charge in [0, 0.05) is 12.1 Å². The fourth-order valence-electron chi connectivity index (χ4n) is 4.27. The van der Waals surface area contributed by atoms with E-state index in [2.05, 4.69) is 23.9 Å². The molecule has 3 aromatic rings. The van der Waals surface area contributed by atoms with E-state index in [9.17, 15) is 18.0 Å². The molecule has 224 valence electrons. The van der Waals surface area contributed by atoms with Crippen LogP contribution in [0, 0.1) is 5.92 Å². The Labute approximate surface area is 243 Å². The van der Waals surface area contributed by atoms with Gasteiger partial charge in [0.2, 0.25) is 0 Å². The summed E-state index contributed by atoms with van der Waals surface area (Å²) in [5.41, 5.74) is 0.899. The van der Waals surface area contributed by atoms with Gasteiger partial charge in [-0.1, -0.05) is 31.5 Å². The number of alkyl halides is 3. The van der Waals surface area contributed by atoms with Gasteiger partial charge in [0.25, 0.3) is 0 Å². The Morgan fingerprint density at radius 3 is 2.24 bits per heavy atom. The number of esters is 1. The molecule has 41 heavy (non-hydrogen) atoms. The first-order valence-electron chi connectivity index (χ1n) is 13.4. The van der Waals surface area contributed by atoms with Gasteiger partial charge in [0.1, 0.15) is 11.5 Å². The van der Waals surface area contributed by atoms with Crippen molar-refractivity contribution in [2.24, 2.45) is 5.92 Å². The van der Waals surface area contributed by atoms with Crippen LogP contribution in [0.15, 0.2) is 48.5 Å². The molecule has 11 heteroatoms. The topological polar surface area (TPSA) is 74.6 Å². The number of carbonyl (C=O) groups is 1. The Bertz CT molecular complexity index is 1340. The van der Waals surface area contributed by atoms with Crippen LogP contribution in [0.3, 0.4) is 0 Å². The monoisotopic (exact) mass is 595 g/mol. The summed E-state index contributed by atoms with van der Waals surface area (Å²) < 4.78 is 54.8. The third-order valence-electron chi connectivity index (χ3n) is 6.74. The molecule has 0 saturated heterocycles. The Hall–Kier alpha value is -3.24. The number of halogens is 4. The molecule has 2 aromatic carbocycles. The number of rotatable bonds is 12. The lowest BCUT2D eigenvalue weighted by atomic mass is 9.87. The molecule has 0 aliphatic heterocycles. The number of nitrogens with zero attached hydrogens (tertiary/aromatic N) is 2. The summed E-state index contributed by atoms with van der Waals surface area (Å²) >= 11 is 6.65. The van der Waals surface area contributed by atoms with E-state index < -0.39 is 23.5 Å². The largest absolute Gasteiger partial charge is 0.573 e. The summed E-state index contributed by atoms with van der Waals surface area (Å²) in [5, 5.41) is 8.53. The lowest BCUT2D eigenvalue weighted by Gasteiger charge is -2.32. The SMILES string of the molecule is CCOC(=O)C(C)(C)Oc1ccc(C(C)(NC)c2cc(-c3ccc(OC(F)(F)F)cc3)nn2CCC(C)C)cc1Cl. The number of aromatic nitrogens is 2. The molecule has 0 aliphatic rings. The third kappa shape index (κ3) is 7.95. The smallest absolute Gasteiger partial charge is 0.475 e. The van der Waals surface area contributed by atoms with E-state index in [1.165, 1.54) is 12.1 Å². The Kier molecular flexibility index (Phi) is 10.0. The number of hydrogen-bond donors (Lipinski definition) is 1. The molecule has 7 nitrogen and oxygen atoms in total. The van der Waals surface area contributed by atoms with Gasteiger partial charge >= 0.3 is 12.3 Å². The summed E-state index contributed by atoms with van der Waals surface area (Å²) in [5.74, 6) is -0.0467. The molecule has 0 aliphatic carbocycles. The Morgan fingerprint density at radius 1 is 1.05 bits per heavy atom. The van der Waals surface area contributed by atoms with E-state index in [0.717, 1.165) is 17.7 Å². The molecule has 0 bridgehead atoms. The minimum absolute atomic E-state index is 0.233. The van der Waals surface area contributed by atoms with Crippen LogP contribution in [0.25, 0.3) is 11.3 Å². The second kappa shape index (κ2) is 12.7. The molecule has 0 spiro atoms. The first kappa shape index (κ1) is 32.3. The molecule has 1 aromatic heterocycles. The quantitative estimate of drug-likeness (QED) is 0.221. The zero-order valence-corrected chi connectivity index (χ0v) is 25.1. The van der Waals surface area contributed by atoms with Gasteiger partial charge in [-0.2, -0.15) is 5.10 Å². The zero-order valence-electron chi connectivity index (χ0n) is 24.4. The van der Waals surface area contributed by atoms with Crippen LogP contribution in [0.4, 0.5) is 13.2 Å². The summed E-state index contributed by atoms with van der Waals surface area (Å²) in [6.07, 6.45) is -3.90. The van der Waals surface area contributed by atoms with Crippen LogP contribution in [0.5, 0.6) is 11.5 Å². The fraction of sp³-hybridized carbons (Fsp3) is 0.467. The van der Waals surface area contributed by atoms with Gasteiger partial charge < -0.3 is 19.5 Å². The summed E-state index contributed by atoms with van der Waals surface area (Å²) in [6, 6.07) is 12.9. The van der Waals surface area contributed by atoms with E-state index in [4.69, 9.17) is 26.2 Å². The van der Waals surface area contributed by atoms with Crippen molar-refractivity contribution in [3.63, 3.8) is 0 Å². The normalized spacial score (nSPS) is 13.7. The summed E-state index contributed by atoms with van der Waals surface area (Å²) in [6.45, 7) is 12.1. The van der Waals surface area contributed by atoms with Crippen LogP contribution in [0.2, 0.25) is 5.02 Å². The van der Waals surface area contributed by atoms with Crippen molar-refractivity contribution in [1.82, 2.24) is 15.1 Å². The minimum atomic E-state index is -4.77. The highest BCUT2D eigenvalue weighted by Gasteiger charge is 2.35. The van der Waals surface area contributed by atoms with Crippen molar-refractivity contribution in [1.29, 1.82) is 0 Å². The van der Waals surface area contributed by atoms with Crippen LogP contribution in [-0.2, 0) is 21.6 Å². The maximum atomic E-state index is 12.6. The van der Waals surface area contributed by atoms with Gasteiger partial charge in [-0.15, -0.1) is 13.2 Å². The van der Waals surface area contributed by atoms with Crippen LogP contribution >= 0.6 is 11.6 Å². The average Bonchev–Trinajstić information content (AvgIpc) is 3.32. The van der Waals surface area contributed by atoms with E-state index in [-0.39, 0.29) is 12.4 Å². The maximum absolute atomic E-state index is 12.6. The Balaban J connectivity index is 2.01. The summed E-state index contributed by atoms with van der Waals surface area (Å²) in [7, 11) is 1.82. The summed E-state index contributed by atoms with van der Waals surface area (Å²) in [4.78, 5) is 12.3. The number of benzene rings is 2. The van der Waals surface area contributed by atoms with Crippen molar-refractivity contribution < 1.29 is 32.2 Å². The molecule has 3 rings (SSSR count). The maximum Gasteiger partial charge on any atom is 0.573 e. The molecule has 1 atom stereocenters. The Morgan fingerprint density at radius 2 is 1.71 bits per heavy atom.